The van der Waals surface area contributed by atoms with E-state index in [0.29, 0.717) is 12.1 Å². The Bertz CT molecular complexity index is 922. The van der Waals surface area contributed by atoms with Gasteiger partial charge in [0.05, 0.1) is 4.92 Å². The van der Waals surface area contributed by atoms with E-state index >= 15 is 0 Å². The lowest BCUT2D eigenvalue weighted by atomic mass is 10.1. The van der Waals surface area contributed by atoms with Gasteiger partial charge in [-0.25, -0.2) is 0 Å². The molecule has 0 spiro atoms. The summed E-state index contributed by atoms with van der Waals surface area (Å²) < 4.78 is 1.34. The molecule has 2 heterocycles. The second kappa shape index (κ2) is 10.6. The fourth-order valence-electron chi connectivity index (χ4n) is 3.59. The first-order valence-corrected chi connectivity index (χ1v) is 10.6. The third-order valence-corrected chi connectivity index (χ3v) is 5.21. The minimum absolute atomic E-state index is 0.0662. The van der Waals surface area contributed by atoms with E-state index in [1.54, 1.807) is 0 Å². The van der Waals surface area contributed by atoms with E-state index in [0.717, 1.165) is 31.4 Å². The number of aromatic nitrogens is 2. The van der Waals surface area contributed by atoms with Crippen molar-refractivity contribution in [3.8, 4) is 0 Å². The monoisotopic (exact) mass is 428 g/mol. The van der Waals surface area contributed by atoms with Crippen molar-refractivity contribution in [2.75, 3.05) is 23.3 Å². The molecule has 0 bridgehead atoms. The molecular formula is C21H28N6O4. The van der Waals surface area contributed by atoms with Crippen molar-refractivity contribution in [1.29, 1.82) is 0 Å². The number of hydrogen-bond acceptors (Lipinski definition) is 6. The van der Waals surface area contributed by atoms with E-state index < -0.39 is 11.0 Å². The van der Waals surface area contributed by atoms with Crippen LogP contribution in [0.2, 0.25) is 0 Å². The second-order valence-electron chi connectivity index (χ2n) is 7.61. The van der Waals surface area contributed by atoms with Crippen molar-refractivity contribution < 1.29 is 14.5 Å². The van der Waals surface area contributed by atoms with Crippen LogP contribution in [0.5, 0.6) is 0 Å². The smallest absolute Gasteiger partial charge is 0.306 e. The van der Waals surface area contributed by atoms with Crippen molar-refractivity contribution in [1.82, 2.24) is 15.1 Å². The van der Waals surface area contributed by atoms with Crippen LogP contribution in [-0.4, -0.2) is 45.6 Å². The maximum atomic E-state index is 12.8. The molecule has 1 aromatic carbocycles. The van der Waals surface area contributed by atoms with Crippen LogP contribution in [0.15, 0.2) is 36.7 Å². The first-order chi connectivity index (χ1) is 15.0. The predicted molar refractivity (Wildman–Crippen MR) is 117 cm³/mol. The molecule has 2 aromatic rings. The van der Waals surface area contributed by atoms with Crippen LogP contribution in [-0.2, 0) is 16.1 Å². The summed E-state index contributed by atoms with van der Waals surface area (Å²) in [6.07, 6.45) is 6.07. The second-order valence-corrected chi connectivity index (χ2v) is 7.61. The van der Waals surface area contributed by atoms with Gasteiger partial charge in [0.2, 0.25) is 11.8 Å². The van der Waals surface area contributed by atoms with Crippen LogP contribution >= 0.6 is 0 Å². The Morgan fingerprint density at radius 3 is 2.74 bits per heavy atom. The number of carbonyl (C=O) groups is 2. The van der Waals surface area contributed by atoms with E-state index in [9.17, 15) is 19.7 Å². The molecule has 1 saturated heterocycles. The van der Waals surface area contributed by atoms with Gasteiger partial charge < -0.3 is 15.5 Å². The third-order valence-electron chi connectivity index (χ3n) is 5.21. The van der Waals surface area contributed by atoms with Gasteiger partial charge in [-0.05, 0) is 37.5 Å². The van der Waals surface area contributed by atoms with Gasteiger partial charge >= 0.3 is 5.69 Å². The number of rotatable bonds is 10. The summed E-state index contributed by atoms with van der Waals surface area (Å²) in [5, 5.41) is 20.3. The molecule has 1 atom stereocenters. The summed E-state index contributed by atoms with van der Waals surface area (Å²) in [4.78, 5) is 37.6. The zero-order valence-electron chi connectivity index (χ0n) is 17.6. The third kappa shape index (κ3) is 6.27. The molecule has 0 aliphatic carbocycles. The summed E-state index contributed by atoms with van der Waals surface area (Å²) >= 11 is 0. The van der Waals surface area contributed by atoms with Crippen LogP contribution in [0, 0.1) is 10.1 Å². The molecule has 1 aliphatic heterocycles. The number of hydrogen-bond donors (Lipinski definition) is 2. The Morgan fingerprint density at radius 2 is 2.06 bits per heavy atom. The van der Waals surface area contributed by atoms with Crippen LogP contribution < -0.4 is 15.5 Å². The molecule has 2 amide bonds. The fourth-order valence-corrected chi connectivity index (χ4v) is 3.59. The number of aryl methyl sites for hydroxylation is 1. The topological polar surface area (TPSA) is 122 Å². The summed E-state index contributed by atoms with van der Waals surface area (Å²) in [6, 6.07) is 7.09. The molecule has 1 aliphatic rings. The standard InChI is InChI=1S/C21H28N6O4/c1-2-6-19(24-20(28)9-12-26-15-18(14-22-26)27(30)31)21(29)23-16-7-5-8-17(13-16)25-10-3-4-11-25/h5,7-8,13-15,19H,2-4,6,9-12H2,1H3,(H,23,29)(H,24,28). The molecule has 1 unspecified atom stereocenters. The van der Waals surface area contributed by atoms with E-state index in [2.05, 4.69) is 20.6 Å². The molecule has 1 fully saturated rings. The molecule has 3 rings (SSSR count). The van der Waals surface area contributed by atoms with Gasteiger partial charge in [0.1, 0.15) is 18.4 Å². The van der Waals surface area contributed by atoms with Crippen molar-refractivity contribution >= 4 is 28.9 Å². The van der Waals surface area contributed by atoms with Crippen molar-refractivity contribution in [2.24, 2.45) is 0 Å². The maximum absolute atomic E-state index is 12.8. The SMILES string of the molecule is CCCC(NC(=O)CCn1cc([N+](=O)[O-])cn1)C(=O)Nc1cccc(N2CCCC2)c1. The molecular weight excluding hydrogens is 400 g/mol. The largest absolute Gasteiger partial charge is 0.371 e. The van der Waals surface area contributed by atoms with Crippen molar-refractivity contribution in [3.63, 3.8) is 0 Å². The first-order valence-electron chi connectivity index (χ1n) is 10.6. The summed E-state index contributed by atoms with van der Waals surface area (Å²) in [6.45, 7) is 4.18. The predicted octanol–water partition coefficient (Wildman–Crippen LogP) is 2.71. The number of nitrogens with one attached hydrogen (secondary N) is 2. The molecule has 10 heteroatoms. The molecule has 0 saturated carbocycles. The molecule has 10 nitrogen and oxygen atoms in total. The average molecular weight is 428 g/mol. The summed E-state index contributed by atoms with van der Waals surface area (Å²) in [5.41, 5.74) is 1.66. The van der Waals surface area contributed by atoms with Crippen molar-refractivity contribution in [2.45, 2.75) is 51.6 Å². The lowest BCUT2D eigenvalue weighted by Crippen LogP contribution is -2.44. The van der Waals surface area contributed by atoms with Crippen molar-refractivity contribution in [3.05, 3.63) is 46.8 Å². The van der Waals surface area contributed by atoms with Gasteiger partial charge in [0, 0.05) is 37.4 Å². The van der Waals surface area contributed by atoms with Crippen LogP contribution in [0.25, 0.3) is 0 Å². The highest BCUT2D eigenvalue weighted by molar-refractivity contribution is 5.97. The Balaban J connectivity index is 1.55. The molecule has 166 valence electrons. The highest BCUT2D eigenvalue weighted by Crippen LogP contribution is 2.23. The van der Waals surface area contributed by atoms with Crippen LogP contribution in [0.4, 0.5) is 17.1 Å². The molecule has 31 heavy (non-hydrogen) atoms. The van der Waals surface area contributed by atoms with Gasteiger partial charge in [-0.2, -0.15) is 5.10 Å². The number of nitrogens with zero attached hydrogens (tertiary/aromatic N) is 4. The van der Waals surface area contributed by atoms with Gasteiger partial charge in [-0.15, -0.1) is 0 Å². The minimum Gasteiger partial charge on any atom is -0.371 e. The zero-order valence-corrected chi connectivity index (χ0v) is 17.6. The first kappa shape index (κ1) is 22.3. The van der Waals surface area contributed by atoms with Gasteiger partial charge in [0.25, 0.3) is 0 Å². The van der Waals surface area contributed by atoms with E-state index in [-0.39, 0.29) is 30.5 Å². The Morgan fingerprint density at radius 1 is 1.29 bits per heavy atom. The summed E-state index contributed by atoms with van der Waals surface area (Å²) in [5.74, 6) is -0.568. The highest BCUT2D eigenvalue weighted by atomic mass is 16.6. The lowest BCUT2D eigenvalue weighted by Gasteiger charge is -2.20. The summed E-state index contributed by atoms with van der Waals surface area (Å²) in [7, 11) is 0. The highest BCUT2D eigenvalue weighted by Gasteiger charge is 2.21. The maximum Gasteiger partial charge on any atom is 0.306 e. The van der Waals surface area contributed by atoms with E-state index in [1.165, 1.54) is 23.7 Å². The average Bonchev–Trinajstić information content (AvgIpc) is 3.44. The number of anilines is 2. The normalized spacial score (nSPS) is 14.3. The zero-order chi connectivity index (χ0) is 22.2. The molecule has 1 aromatic heterocycles. The Labute approximate surface area is 180 Å². The van der Waals surface area contributed by atoms with Crippen LogP contribution in [0.1, 0.15) is 39.0 Å². The number of benzene rings is 1. The minimum atomic E-state index is -0.653. The van der Waals surface area contributed by atoms with Crippen LogP contribution in [0.3, 0.4) is 0 Å². The number of amides is 2. The number of nitro groups is 1. The Kier molecular flexibility index (Phi) is 7.58. The fraction of sp³-hybridized carbons (Fsp3) is 0.476. The number of carbonyl (C=O) groups excluding carboxylic acids is 2. The van der Waals surface area contributed by atoms with Gasteiger partial charge in [-0.1, -0.05) is 19.4 Å². The lowest BCUT2D eigenvalue weighted by molar-refractivity contribution is -0.385. The molecule has 2 N–H and O–H groups in total. The van der Waals surface area contributed by atoms with Gasteiger partial charge in [0.15, 0.2) is 0 Å². The van der Waals surface area contributed by atoms with E-state index in [4.69, 9.17) is 0 Å². The van der Waals surface area contributed by atoms with Gasteiger partial charge in [-0.3, -0.25) is 24.4 Å². The Hall–Kier alpha value is -3.43. The molecule has 0 radical (unpaired) electrons. The quantitative estimate of drug-likeness (QED) is 0.443. The van der Waals surface area contributed by atoms with E-state index in [1.807, 2.05) is 31.2 Å².